The number of benzene rings is 1. The summed E-state index contributed by atoms with van der Waals surface area (Å²) in [5.41, 5.74) is 1.70. The van der Waals surface area contributed by atoms with E-state index in [-0.39, 0.29) is 18.0 Å². The molecule has 0 bridgehead atoms. The summed E-state index contributed by atoms with van der Waals surface area (Å²) in [4.78, 5) is 13.0. The highest BCUT2D eigenvalue weighted by atomic mass is 19.1. The summed E-state index contributed by atoms with van der Waals surface area (Å²) in [6.45, 7) is -0.0957. The smallest absolute Gasteiger partial charge is 0.167 e. The lowest BCUT2D eigenvalue weighted by Crippen LogP contribution is -2.33. The lowest BCUT2D eigenvalue weighted by atomic mass is 10.1. The van der Waals surface area contributed by atoms with E-state index in [9.17, 15) is 19.7 Å². The van der Waals surface area contributed by atoms with Crippen molar-refractivity contribution in [2.45, 2.75) is 62.6 Å². The Morgan fingerprint density at radius 3 is 2.85 bits per heavy atom. The lowest BCUT2D eigenvalue weighted by Gasteiger charge is -2.22. The number of imidazole rings is 1. The van der Waals surface area contributed by atoms with Gasteiger partial charge in [0.2, 0.25) is 0 Å². The molecule has 5 rings (SSSR count). The highest BCUT2D eigenvalue weighted by molar-refractivity contribution is 5.82. The number of aliphatic hydroxyl groups is 3. The number of nitrogens with zero attached hydrogens (tertiary/aromatic N) is 4. The van der Waals surface area contributed by atoms with Gasteiger partial charge in [-0.25, -0.2) is 19.3 Å². The molecule has 1 aliphatic heterocycles. The molecule has 2 fully saturated rings. The third-order valence-electron chi connectivity index (χ3n) is 6.28. The normalized spacial score (nSPS) is 29.7. The highest BCUT2D eigenvalue weighted by Crippen LogP contribution is 2.33. The first-order valence-electron chi connectivity index (χ1n) is 11.0. The van der Waals surface area contributed by atoms with Crippen LogP contribution in [0, 0.1) is 5.82 Å². The van der Waals surface area contributed by atoms with Crippen molar-refractivity contribution in [1.82, 2.24) is 19.5 Å². The average Bonchev–Trinajstić information content (AvgIpc) is 3.51. The third kappa shape index (κ3) is 4.30. The Morgan fingerprint density at radius 2 is 2.06 bits per heavy atom. The maximum Gasteiger partial charge on any atom is 0.167 e. The van der Waals surface area contributed by atoms with Crippen LogP contribution in [0.25, 0.3) is 11.2 Å². The van der Waals surface area contributed by atoms with Crippen LogP contribution in [0.1, 0.15) is 31.1 Å². The van der Waals surface area contributed by atoms with E-state index >= 15 is 0 Å². The second-order valence-electron chi connectivity index (χ2n) is 8.44. The number of fused-ring (bicyclic) bond motifs is 1. The molecule has 2 aliphatic rings. The van der Waals surface area contributed by atoms with Crippen LogP contribution in [0.3, 0.4) is 0 Å². The van der Waals surface area contributed by atoms with Gasteiger partial charge in [-0.1, -0.05) is 12.1 Å². The minimum atomic E-state index is -1.23. The van der Waals surface area contributed by atoms with Crippen LogP contribution in [0.4, 0.5) is 10.2 Å². The second-order valence-corrected chi connectivity index (χ2v) is 8.44. The van der Waals surface area contributed by atoms with E-state index in [4.69, 9.17) is 9.47 Å². The van der Waals surface area contributed by atoms with Crippen LogP contribution in [-0.4, -0.2) is 71.9 Å². The molecule has 0 spiro atoms. The van der Waals surface area contributed by atoms with E-state index in [2.05, 4.69) is 20.3 Å². The quantitative estimate of drug-likeness (QED) is 0.410. The number of aromatic nitrogens is 4. The summed E-state index contributed by atoms with van der Waals surface area (Å²) in [6, 6.07) is 6.37. The number of ether oxygens (including phenoxy) is 2. The van der Waals surface area contributed by atoms with Crippen LogP contribution >= 0.6 is 0 Å². The number of hydrogen-bond acceptors (Lipinski definition) is 9. The van der Waals surface area contributed by atoms with Crippen LogP contribution in [0.15, 0.2) is 36.9 Å². The molecule has 1 saturated heterocycles. The van der Waals surface area contributed by atoms with Gasteiger partial charge in [-0.2, -0.15) is 0 Å². The molecule has 1 saturated carbocycles. The van der Waals surface area contributed by atoms with E-state index < -0.39 is 31.1 Å². The van der Waals surface area contributed by atoms with Crippen molar-refractivity contribution in [2.24, 2.45) is 0 Å². The molecule has 3 heterocycles. The van der Waals surface area contributed by atoms with E-state index in [1.807, 2.05) is 6.07 Å². The number of hydrogen-bond donors (Lipinski definition) is 4. The van der Waals surface area contributed by atoms with Gasteiger partial charge in [0, 0.05) is 0 Å². The van der Waals surface area contributed by atoms with E-state index in [1.165, 1.54) is 29.4 Å². The summed E-state index contributed by atoms with van der Waals surface area (Å²) < 4.78 is 26.6. The molecule has 4 N–H and O–H groups in total. The van der Waals surface area contributed by atoms with Gasteiger partial charge in [0.1, 0.15) is 30.5 Å². The van der Waals surface area contributed by atoms with Gasteiger partial charge in [-0.3, -0.25) is 4.57 Å². The van der Waals surface area contributed by atoms with Crippen molar-refractivity contribution >= 4 is 17.0 Å². The zero-order chi connectivity index (χ0) is 22.9. The predicted molar refractivity (Wildman–Crippen MR) is 115 cm³/mol. The topological polar surface area (TPSA) is 135 Å². The Balaban J connectivity index is 1.32. The van der Waals surface area contributed by atoms with Gasteiger partial charge < -0.3 is 30.1 Å². The van der Waals surface area contributed by atoms with Crippen LogP contribution in [0.2, 0.25) is 0 Å². The molecule has 10 nitrogen and oxygen atoms in total. The van der Waals surface area contributed by atoms with E-state index in [0.29, 0.717) is 23.6 Å². The molecule has 33 heavy (non-hydrogen) atoms. The van der Waals surface area contributed by atoms with Crippen molar-refractivity contribution in [3.63, 3.8) is 0 Å². The number of anilines is 1. The third-order valence-corrected chi connectivity index (χ3v) is 6.28. The summed E-state index contributed by atoms with van der Waals surface area (Å²) in [6.07, 6.45) is 1.26. The summed E-state index contributed by atoms with van der Waals surface area (Å²) in [5, 5.41) is 33.2. The Labute approximate surface area is 189 Å². The fourth-order valence-corrected chi connectivity index (χ4v) is 4.55. The molecule has 3 aromatic rings. The van der Waals surface area contributed by atoms with Crippen LogP contribution in [0.5, 0.6) is 0 Å². The van der Waals surface area contributed by atoms with Crippen LogP contribution < -0.4 is 5.32 Å². The number of nitrogens with one attached hydrogen (secondary N) is 1. The number of halogens is 1. The fraction of sp³-hybridized carbons (Fsp3) is 0.500. The second kappa shape index (κ2) is 9.27. The van der Waals surface area contributed by atoms with Crippen molar-refractivity contribution in [3.05, 3.63) is 48.3 Å². The summed E-state index contributed by atoms with van der Waals surface area (Å²) in [5.74, 6) is 0.238. The minimum absolute atomic E-state index is 0.00396. The van der Waals surface area contributed by atoms with Gasteiger partial charge in [-0.15, -0.1) is 0 Å². The van der Waals surface area contributed by atoms with Gasteiger partial charge in [0.25, 0.3) is 0 Å². The van der Waals surface area contributed by atoms with Gasteiger partial charge in [-0.05, 0) is 37.0 Å². The molecule has 11 heteroatoms. The first-order valence-corrected chi connectivity index (χ1v) is 11.0. The Hall–Kier alpha value is -2.70. The summed E-state index contributed by atoms with van der Waals surface area (Å²) >= 11 is 0. The maximum atomic E-state index is 13.4. The molecule has 0 radical (unpaired) electrons. The zero-order valence-corrected chi connectivity index (χ0v) is 17.8. The SMILES string of the molecule is OCC1O[C@@H](n2cnc3c(NC4CCC[C@H]4OCc4cccc(F)c4)ncnc32)[C@H](O)[C@@H]1O. The van der Waals surface area contributed by atoms with Crippen molar-refractivity contribution in [1.29, 1.82) is 0 Å². The molecular weight excluding hydrogens is 433 g/mol. The molecule has 0 amide bonds. The minimum Gasteiger partial charge on any atom is -0.394 e. The first kappa shape index (κ1) is 22.1. The maximum absolute atomic E-state index is 13.4. The molecular formula is C22H26FN5O5. The summed E-state index contributed by atoms with van der Waals surface area (Å²) in [7, 11) is 0. The molecule has 1 aromatic carbocycles. The standard InChI is InChI=1S/C22H26FN5O5/c23-13-4-1-3-12(7-13)9-32-15-6-2-5-14(15)27-20-17-21(25-10-24-20)28(11-26-17)22-19(31)18(30)16(8-29)33-22/h1,3-4,7,10-11,14-16,18-19,22,29-31H,2,5-6,8-9H2,(H,24,25,27)/t14?,15-,16?,18-,19-,22-/m1/s1. The average molecular weight is 459 g/mol. The fourth-order valence-electron chi connectivity index (χ4n) is 4.55. The van der Waals surface area contributed by atoms with Gasteiger partial charge >= 0.3 is 0 Å². The van der Waals surface area contributed by atoms with Gasteiger partial charge in [0.05, 0.1) is 31.7 Å². The predicted octanol–water partition coefficient (Wildman–Crippen LogP) is 1.13. The Kier molecular flexibility index (Phi) is 6.21. The number of rotatable bonds is 7. The van der Waals surface area contributed by atoms with Crippen molar-refractivity contribution in [2.75, 3.05) is 11.9 Å². The Bertz CT molecular complexity index is 1110. The number of aliphatic hydroxyl groups excluding tert-OH is 3. The van der Waals surface area contributed by atoms with E-state index in [1.54, 1.807) is 6.07 Å². The molecule has 2 aromatic heterocycles. The van der Waals surface area contributed by atoms with Gasteiger partial charge in [0.15, 0.2) is 23.2 Å². The lowest BCUT2D eigenvalue weighted by molar-refractivity contribution is -0.0511. The first-order chi connectivity index (χ1) is 16.0. The monoisotopic (exact) mass is 459 g/mol. The highest BCUT2D eigenvalue weighted by Gasteiger charge is 2.44. The Morgan fingerprint density at radius 1 is 1.18 bits per heavy atom. The molecule has 2 unspecified atom stereocenters. The molecule has 1 aliphatic carbocycles. The van der Waals surface area contributed by atoms with Crippen molar-refractivity contribution < 1.29 is 29.2 Å². The van der Waals surface area contributed by atoms with Crippen molar-refractivity contribution in [3.8, 4) is 0 Å². The molecule has 6 atom stereocenters. The van der Waals surface area contributed by atoms with E-state index in [0.717, 1.165) is 24.8 Å². The van der Waals surface area contributed by atoms with Crippen LogP contribution in [-0.2, 0) is 16.1 Å². The zero-order valence-electron chi connectivity index (χ0n) is 17.8. The molecule has 176 valence electrons. The largest absolute Gasteiger partial charge is 0.394 e.